The summed E-state index contributed by atoms with van der Waals surface area (Å²) in [7, 11) is 3.33. The van der Waals surface area contributed by atoms with E-state index >= 15 is 0 Å². The monoisotopic (exact) mass is 285 g/mol. The van der Waals surface area contributed by atoms with Crippen molar-refractivity contribution < 1.29 is 4.74 Å². The van der Waals surface area contributed by atoms with Crippen LogP contribution in [0.3, 0.4) is 0 Å². The molecule has 7 heteroatoms. The van der Waals surface area contributed by atoms with Crippen LogP contribution in [-0.2, 0) is 13.6 Å². The van der Waals surface area contributed by atoms with Gasteiger partial charge in [-0.2, -0.15) is 5.10 Å². The molecule has 1 aromatic carbocycles. The molecule has 0 amide bonds. The number of fused-ring (bicyclic) bond motifs is 1. The zero-order valence-electron chi connectivity index (χ0n) is 11.8. The molecule has 0 aliphatic rings. The second-order valence-electron chi connectivity index (χ2n) is 4.80. The van der Waals surface area contributed by atoms with Crippen LogP contribution in [0.25, 0.3) is 11.0 Å². The first-order valence-electron chi connectivity index (χ1n) is 6.39. The second kappa shape index (κ2) is 4.93. The third-order valence-corrected chi connectivity index (χ3v) is 3.30. The summed E-state index contributed by atoms with van der Waals surface area (Å²) in [6.45, 7) is 0.373. The van der Waals surface area contributed by atoms with Crippen LogP contribution in [0.2, 0.25) is 0 Å². The number of anilines is 1. The maximum Gasteiger partial charge on any atom is 0.264 e. The lowest BCUT2D eigenvalue weighted by Gasteiger charge is -2.08. The predicted octanol–water partition coefficient (Wildman–Crippen LogP) is 0.769. The average Bonchev–Trinajstić information content (AvgIpc) is 2.83. The molecule has 2 N–H and O–H groups in total. The Bertz CT molecular complexity index is 865. The number of aromatic nitrogens is 4. The van der Waals surface area contributed by atoms with Crippen molar-refractivity contribution in [2.45, 2.75) is 6.54 Å². The first kappa shape index (κ1) is 13.2. The first-order valence-corrected chi connectivity index (χ1v) is 6.39. The molecular formula is C14H15N5O2. The van der Waals surface area contributed by atoms with E-state index in [9.17, 15) is 4.79 Å². The van der Waals surface area contributed by atoms with Crippen LogP contribution in [0.1, 0.15) is 5.56 Å². The van der Waals surface area contributed by atoms with Crippen molar-refractivity contribution in [1.82, 2.24) is 19.3 Å². The topological polar surface area (TPSA) is 88.0 Å². The number of methoxy groups -OCH3 is 1. The lowest BCUT2D eigenvalue weighted by Crippen LogP contribution is -2.21. The fourth-order valence-corrected chi connectivity index (χ4v) is 2.27. The molecule has 108 valence electrons. The Hall–Kier alpha value is -2.83. The Morgan fingerprint density at radius 3 is 2.90 bits per heavy atom. The van der Waals surface area contributed by atoms with Gasteiger partial charge in [-0.25, -0.2) is 4.98 Å². The highest BCUT2D eigenvalue weighted by Gasteiger charge is 2.09. The molecule has 0 saturated carbocycles. The van der Waals surface area contributed by atoms with Crippen LogP contribution in [0.15, 0.2) is 35.5 Å². The maximum absolute atomic E-state index is 12.4. The molecule has 2 aromatic heterocycles. The number of hydrogen-bond donors (Lipinski definition) is 1. The number of aryl methyl sites for hydroxylation is 1. The van der Waals surface area contributed by atoms with Gasteiger partial charge in [-0.15, -0.1) is 0 Å². The third-order valence-electron chi connectivity index (χ3n) is 3.30. The van der Waals surface area contributed by atoms with Crippen LogP contribution in [0.4, 0.5) is 5.69 Å². The Balaban J connectivity index is 2.04. The Kier molecular flexibility index (Phi) is 3.09. The van der Waals surface area contributed by atoms with E-state index in [1.807, 2.05) is 12.1 Å². The molecule has 0 aliphatic carbocycles. The van der Waals surface area contributed by atoms with Crippen LogP contribution in [0, 0.1) is 0 Å². The highest BCUT2D eigenvalue weighted by molar-refractivity contribution is 5.72. The van der Waals surface area contributed by atoms with E-state index in [1.54, 1.807) is 24.9 Å². The molecule has 3 rings (SSSR count). The largest absolute Gasteiger partial charge is 0.497 e. The van der Waals surface area contributed by atoms with E-state index in [-0.39, 0.29) is 5.56 Å². The van der Waals surface area contributed by atoms with Crippen molar-refractivity contribution in [3.8, 4) is 5.75 Å². The number of ether oxygens (including phenoxy) is 1. The highest BCUT2D eigenvalue weighted by atomic mass is 16.5. The van der Waals surface area contributed by atoms with Crippen LogP contribution in [0.5, 0.6) is 5.75 Å². The highest BCUT2D eigenvalue weighted by Crippen LogP contribution is 2.19. The molecule has 0 aliphatic heterocycles. The van der Waals surface area contributed by atoms with Gasteiger partial charge in [-0.3, -0.25) is 14.0 Å². The van der Waals surface area contributed by atoms with Crippen molar-refractivity contribution in [2.24, 2.45) is 7.05 Å². The molecule has 0 unspecified atom stereocenters. The molecule has 2 heterocycles. The molecule has 0 bridgehead atoms. The number of benzene rings is 1. The molecule has 21 heavy (non-hydrogen) atoms. The zero-order chi connectivity index (χ0) is 15.0. The number of hydrogen-bond acceptors (Lipinski definition) is 5. The van der Waals surface area contributed by atoms with E-state index in [0.717, 1.165) is 5.56 Å². The van der Waals surface area contributed by atoms with Crippen LogP contribution >= 0.6 is 0 Å². The van der Waals surface area contributed by atoms with Crippen molar-refractivity contribution in [3.05, 3.63) is 46.6 Å². The standard InChI is InChI=1S/C14H15N5O2/c1-18-13-12(6-17-18)14(20)19(8-16-13)7-9-3-10(15)5-11(4-9)21-2/h3-6,8H,7,15H2,1-2H3. The zero-order valence-corrected chi connectivity index (χ0v) is 11.8. The van der Waals surface area contributed by atoms with E-state index < -0.39 is 0 Å². The summed E-state index contributed by atoms with van der Waals surface area (Å²) >= 11 is 0. The molecular weight excluding hydrogens is 270 g/mol. The molecule has 0 radical (unpaired) electrons. The summed E-state index contributed by atoms with van der Waals surface area (Å²) in [5.41, 5.74) is 7.73. The Morgan fingerprint density at radius 1 is 1.33 bits per heavy atom. The van der Waals surface area contributed by atoms with Gasteiger partial charge in [-0.1, -0.05) is 0 Å². The summed E-state index contributed by atoms with van der Waals surface area (Å²) in [6, 6.07) is 5.38. The lowest BCUT2D eigenvalue weighted by molar-refractivity contribution is 0.414. The fourth-order valence-electron chi connectivity index (χ4n) is 2.27. The minimum Gasteiger partial charge on any atom is -0.497 e. The average molecular weight is 285 g/mol. The van der Waals surface area contributed by atoms with Crippen molar-refractivity contribution in [3.63, 3.8) is 0 Å². The smallest absolute Gasteiger partial charge is 0.264 e. The number of nitrogens with zero attached hydrogens (tertiary/aromatic N) is 4. The number of nitrogen functional groups attached to an aromatic ring is 1. The van der Waals surface area contributed by atoms with Crippen LogP contribution in [-0.4, -0.2) is 26.4 Å². The maximum atomic E-state index is 12.4. The summed E-state index contributed by atoms with van der Waals surface area (Å²) < 4.78 is 8.28. The van der Waals surface area contributed by atoms with Gasteiger partial charge in [0.25, 0.3) is 5.56 Å². The number of nitrogens with two attached hydrogens (primary N) is 1. The minimum absolute atomic E-state index is 0.130. The van der Waals surface area contributed by atoms with Gasteiger partial charge in [0.1, 0.15) is 17.5 Å². The van der Waals surface area contributed by atoms with Gasteiger partial charge >= 0.3 is 0 Å². The molecule has 0 spiro atoms. The lowest BCUT2D eigenvalue weighted by atomic mass is 10.2. The van der Waals surface area contributed by atoms with E-state index in [2.05, 4.69) is 10.1 Å². The normalized spacial score (nSPS) is 11.0. The van der Waals surface area contributed by atoms with Gasteiger partial charge < -0.3 is 10.5 Å². The molecule has 0 saturated heterocycles. The second-order valence-corrected chi connectivity index (χ2v) is 4.80. The van der Waals surface area contributed by atoms with Crippen molar-refractivity contribution >= 4 is 16.7 Å². The quantitative estimate of drug-likeness (QED) is 0.718. The van der Waals surface area contributed by atoms with E-state index in [0.29, 0.717) is 29.0 Å². The Labute approximate surface area is 120 Å². The summed E-state index contributed by atoms with van der Waals surface area (Å²) in [4.78, 5) is 16.7. The predicted molar refractivity (Wildman–Crippen MR) is 79.3 cm³/mol. The van der Waals surface area contributed by atoms with Gasteiger partial charge in [0, 0.05) is 18.8 Å². The van der Waals surface area contributed by atoms with E-state index in [4.69, 9.17) is 10.5 Å². The van der Waals surface area contributed by atoms with Crippen molar-refractivity contribution in [1.29, 1.82) is 0 Å². The summed E-state index contributed by atoms with van der Waals surface area (Å²) in [6.07, 6.45) is 3.04. The van der Waals surface area contributed by atoms with Crippen LogP contribution < -0.4 is 16.0 Å². The molecule has 0 fully saturated rings. The summed E-state index contributed by atoms with van der Waals surface area (Å²) in [5.74, 6) is 0.661. The Morgan fingerprint density at radius 2 is 2.14 bits per heavy atom. The molecule has 0 atom stereocenters. The third kappa shape index (κ3) is 2.33. The van der Waals surface area contributed by atoms with Gasteiger partial charge in [0.05, 0.1) is 19.9 Å². The molecule has 7 nitrogen and oxygen atoms in total. The fraction of sp³-hybridized carbons (Fsp3) is 0.214. The van der Waals surface area contributed by atoms with E-state index in [1.165, 1.54) is 17.1 Å². The van der Waals surface area contributed by atoms with Gasteiger partial charge in [0.2, 0.25) is 0 Å². The summed E-state index contributed by atoms with van der Waals surface area (Å²) in [5, 5.41) is 4.54. The number of rotatable bonds is 3. The minimum atomic E-state index is -0.130. The molecule has 3 aromatic rings. The van der Waals surface area contributed by atoms with Crippen molar-refractivity contribution in [2.75, 3.05) is 12.8 Å². The SMILES string of the molecule is COc1cc(N)cc(Cn2cnc3c(cnn3C)c2=O)c1. The van der Waals surface area contributed by atoms with Gasteiger partial charge in [-0.05, 0) is 17.7 Å². The van der Waals surface area contributed by atoms with Gasteiger partial charge in [0.15, 0.2) is 5.65 Å². The first-order chi connectivity index (χ1) is 10.1.